The number of amides is 1. The van der Waals surface area contributed by atoms with E-state index in [-0.39, 0.29) is 28.3 Å². The summed E-state index contributed by atoms with van der Waals surface area (Å²) in [6.07, 6.45) is 3.26. The molecule has 2 aliphatic rings. The van der Waals surface area contributed by atoms with Gasteiger partial charge >= 0.3 is 0 Å². The lowest BCUT2D eigenvalue weighted by Gasteiger charge is -2.32. The number of piperidine rings is 1. The van der Waals surface area contributed by atoms with Crippen molar-refractivity contribution in [3.8, 4) is 0 Å². The summed E-state index contributed by atoms with van der Waals surface area (Å²) in [4.78, 5) is 16.9. The van der Waals surface area contributed by atoms with E-state index in [1.54, 1.807) is 0 Å². The predicted octanol–water partition coefficient (Wildman–Crippen LogP) is 6.91. The molecule has 4 N–H and O–H groups in total. The topological polar surface area (TPSA) is 119 Å². The highest BCUT2D eigenvalue weighted by Crippen LogP contribution is 2.37. The second-order valence-corrected chi connectivity index (χ2v) is 14.5. The minimum Gasteiger partial charge on any atom is -0.398 e. The highest BCUT2D eigenvalue weighted by molar-refractivity contribution is 7.89. The number of rotatable bonds is 9. The molecule has 0 aromatic heterocycles. The lowest BCUT2D eigenvalue weighted by Crippen LogP contribution is -2.40. The van der Waals surface area contributed by atoms with Gasteiger partial charge in [-0.25, -0.2) is 8.42 Å². The zero-order valence-corrected chi connectivity index (χ0v) is 26.9. The van der Waals surface area contributed by atoms with E-state index in [9.17, 15) is 13.2 Å². The number of aliphatic imine (C=N–C) groups is 1. The number of carbonyl (C=O) groups is 1. The number of primary amides is 1. The van der Waals surface area contributed by atoms with Crippen molar-refractivity contribution in [1.82, 2.24) is 4.31 Å². The normalized spacial score (nSPS) is 16.6. The van der Waals surface area contributed by atoms with Crippen LogP contribution >= 0.6 is 23.2 Å². The van der Waals surface area contributed by atoms with Crippen molar-refractivity contribution in [2.75, 3.05) is 18.8 Å². The van der Waals surface area contributed by atoms with E-state index < -0.39 is 15.9 Å². The quantitative estimate of drug-likeness (QED) is 0.115. The summed E-state index contributed by atoms with van der Waals surface area (Å²) < 4.78 is 28.5. The standard InChI is InChI=1S/C35H34Cl2N4O3S/c36-27-9-4-22(5-10-27)33(23-6-11-28(37)12-7-23)25-8-15-32(38)31(21-25)34(40-29-13-14-29)24-16-18-41(19-17-24)45(43,44)30-3-1-2-26(20-30)35(39)42/h1-12,15,20-21,24,29,33H,13-14,16-19,38H2,(H2,39,42). The van der Waals surface area contributed by atoms with Crippen LogP contribution in [-0.2, 0) is 10.0 Å². The van der Waals surface area contributed by atoms with Crippen LogP contribution in [0.25, 0.3) is 0 Å². The fraction of sp³-hybridized carbons (Fsp3) is 0.257. The summed E-state index contributed by atoms with van der Waals surface area (Å²) in [6, 6.07) is 28.0. The Morgan fingerprint density at radius 2 is 1.38 bits per heavy atom. The molecule has 1 saturated heterocycles. The number of halogens is 2. The van der Waals surface area contributed by atoms with Gasteiger partial charge in [0, 0.05) is 57.5 Å². The molecule has 1 aliphatic carbocycles. The van der Waals surface area contributed by atoms with E-state index in [1.165, 1.54) is 28.6 Å². The highest BCUT2D eigenvalue weighted by atomic mass is 35.5. The molecule has 0 spiro atoms. The predicted molar refractivity (Wildman–Crippen MR) is 181 cm³/mol. The number of benzene rings is 4. The Balaban J connectivity index is 1.31. The van der Waals surface area contributed by atoms with E-state index in [1.807, 2.05) is 54.6 Å². The molecule has 10 heteroatoms. The minimum atomic E-state index is -3.79. The van der Waals surface area contributed by atoms with Crippen LogP contribution in [0.1, 0.15) is 64.2 Å². The monoisotopic (exact) mass is 660 g/mol. The van der Waals surface area contributed by atoms with Gasteiger partial charge in [-0.3, -0.25) is 9.79 Å². The fourth-order valence-electron chi connectivity index (χ4n) is 5.99. The molecule has 7 nitrogen and oxygen atoms in total. The van der Waals surface area contributed by atoms with Crippen LogP contribution in [0.2, 0.25) is 10.0 Å². The summed E-state index contributed by atoms with van der Waals surface area (Å²) in [5, 5.41) is 1.33. The highest BCUT2D eigenvalue weighted by Gasteiger charge is 2.34. The summed E-state index contributed by atoms with van der Waals surface area (Å²) in [5.41, 5.74) is 17.9. The van der Waals surface area contributed by atoms with Gasteiger partial charge in [-0.05, 0) is 97.0 Å². The summed E-state index contributed by atoms with van der Waals surface area (Å²) >= 11 is 12.5. The molecule has 0 radical (unpaired) electrons. The second-order valence-electron chi connectivity index (χ2n) is 11.7. The third-order valence-corrected chi connectivity index (χ3v) is 11.0. The second kappa shape index (κ2) is 13.0. The van der Waals surface area contributed by atoms with Crippen LogP contribution in [0.5, 0.6) is 0 Å². The largest absolute Gasteiger partial charge is 0.398 e. The molecule has 0 atom stereocenters. The Morgan fingerprint density at radius 3 is 1.93 bits per heavy atom. The van der Waals surface area contributed by atoms with Gasteiger partial charge in [0.2, 0.25) is 15.9 Å². The maximum absolute atomic E-state index is 13.5. The van der Waals surface area contributed by atoms with Gasteiger partial charge < -0.3 is 11.5 Å². The van der Waals surface area contributed by atoms with Crippen molar-refractivity contribution in [3.63, 3.8) is 0 Å². The first-order valence-corrected chi connectivity index (χ1v) is 17.2. The van der Waals surface area contributed by atoms with Crippen LogP contribution in [0.4, 0.5) is 5.69 Å². The SMILES string of the molecule is NC(=O)c1cccc(S(=O)(=O)N2CCC(C(=NC3CC3)c3cc(C(c4ccc(Cl)cc4)c4ccc(Cl)cc4)ccc3N)CC2)c1. The fourth-order valence-corrected chi connectivity index (χ4v) is 7.75. The molecule has 2 fully saturated rings. The van der Waals surface area contributed by atoms with E-state index in [4.69, 9.17) is 39.7 Å². The third kappa shape index (κ3) is 6.94. The molecule has 4 aromatic carbocycles. The number of nitrogens with zero attached hydrogens (tertiary/aromatic N) is 2. The van der Waals surface area contributed by atoms with Crippen molar-refractivity contribution < 1.29 is 13.2 Å². The minimum absolute atomic E-state index is 0.0380. The Bertz CT molecular complexity index is 1800. The maximum Gasteiger partial charge on any atom is 0.248 e. The van der Waals surface area contributed by atoms with Crippen LogP contribution < -0.4 is 11.5 Å². The Kier molecular flexibility index (Phi) is 9.02. The van der Waals surface area contributed by atoms with E-state index >= 15 is 0 Å². The molecule has 0 bridgehead atoms. The van der Waals surface area contributed by atoms with Crippen LogP contribution in [0, 0.1) is 5.92 Å². The van der Waals surface area contributed by atoms with Crippen LogP contribution in [0.3, 0.4) is 0 Å². The summed E-state index contributed by atoms with van der Waals surface area (Å²) in [5.74, 6) is -0.721. The molecule has 232 valence electrons. The first kappa shape index (κ1) is 31.3. The van der Waals surface area contributed by atoms with Gasteiger partial charge in [-0.15, -0.1) is 0 Å². The van der Waals surface area contributed by atoms with Crippen LogP contribution in [-0.4, -0.2) is 43.5 Å². The van der Waals surface area contributed by atoms with Crippen molar-refractivity contribution in [1.29, 1.82) is 0 Å². The molecule has 1 aliphatic heterocycles. The number of nitrogen functional groups attached to an aromatic ring is 1. The molecular formula is C35H34Cl2N4O3S. The smallest absolute Gasteiger partial charge is 0.248 e. The Morgan fingerprint density at radius 1 is 0.800 bits per heavy atom. The zero-order chi connectivity index (χ0) is 31.7. The first-order valence-electron chi connectivity index (χ1n) is 15.0. The van der Waals surface area contributed by atoms with E-state index in [0.717, 1.165) is 40.8 Å². The van der Waals surface area contributed by atoms with E-state index in [2.05, 4.69) is 12.1 Å². The molecule has 1 heterocycles. The van der Waals surface area contributed by atoms with Crippen molar-refractivity contribution in [2.45, 2.75) is 42.5 Å². The summed E-state index contributed by atoms with van der Waals surface area (Å²) in [6.45, 7) is 0.657. The number of nitrogens with two attached hydrogens (primary N) is 2. The Hall–Kier alpha value is -3.69. The average Bonchev–Trinajstić information content (AvgIpc) is 3.87. The van der Waals surface area contributed by atoms with Gasteiger partial charge in [0.05, 0.1) is 10.9 Å². The van der Waals surface area contributed by atoms with Crippen LogP contribution in [0.15, 0.2) is 101 Å². The number of carbonyl (C=O) groups excluding carboxylic acids is 1. The van der Waals surface area contributed by atoms with Crippen molar-refractivity contribution in [3.05, 3.63) is 129 Å². The molecule has 4 aromatic rings. The molecule has 45 heavy (non-hydrogen) atoms. The first-order chi connectivity index (χ1) is 21.6. The average molecular weight is 662 g/mol. The number of hydrogen-bond acceptors (Lipinski definition) is 5. The molecule has 0 unspecified atom stereocenters. The number of anilines is 1. The molecule has 1 amide bonds. The van der Waals surface area contributed by atoms with Crippen molar-refractivity contribution >= 4 is 50.5 Å². The van der Waals surface area contributed by atoms with Gasteiger partial charge in [0.1, 0.15) is 0 Å². The lowest BCUT2D eigenvalue weighted by molar-refractivity contribution is 0.1000. The van der Waals surface area contributed by atoms with Crippen molar-refractivity contribution in [2.24, 2.45) is 16.6 Å². The summed E-state index contributed by atoms with van der Waals surface area (Å²) in [7, 11) is -3.79. The van der Waals surface area contributed by atoms with Gasteiger partial charge in [0.15, 0.2) is 0 Å². The third-order valence-electron chi connectivity index (χ3n) is 8.56. The number of hydrogen-bond donors (Lipinski definition) is 2. The molecule has 1 saturated carbocycles. The van der Waals surface area contributed by atoms with Gasteiger partial charge in [-0.2, -0.15) is 4.31 Å². The van der Waals surface area contributed by atoms with Gasteiger partial charge in [-0.1, -0.05) is 59.6 Å². The zero-order valence-electron chi connectivity index (χ0n) is 24.6. The van der Waals surface area contributed by atoms with Gasteiger partial charge in [0.25, 0.3) is 0 Å². The molecule has 6 rings (SSSR count). The lowest BCUT2D eigenvalue weighted by atomic mass is 9.82. The maximum atomic E-state index is 13.5. The number of sulfonamides is 1. The molecular weight excluding hydrogens is 627 g/mol. The van der Waals surface area contributed by atoms with E-state index in [0.29, 0.717) is 41.7 Å². The Labute approximate surface area is 273 Å².